The largest absolute Gasteiger partial charge is 0.492 e. The first kappa shape index (κ1) is 14.4. The van der Waals surface area contributed by atoms with E-state index in [2.05, 4.69) is 32.0 Å². The molecule has 3 heteroatoms. The Morgan fingerprint density at radius 3 is 2.76 bits per heavy atom. The number of benzene rings is 1. The molecule has 1 unspecified atom stereocenters. The number of nitrogens with two attached hydrogens (primary N) is 1. The molecule has 1 atom stereocenters. The van der Waals surface area contributed by atoms with Crippen LogP contribution in [0.4, 0.5) is 0 Å². The van der Waals surface area contributed by atoms with Crippen LogP contribution < -0.4 is 10.5 Å². The minimum atomic E-state index is 0.308. The molecule has 0 aromatic heterocycles. The molecule has 0 amide bonds. The van der Waals surface area contributed by atoms with Crippen molar-refractivity contribution in [3.05, 3.63) is 29.3 Å². The van der Waals surface area contributed by atoms with E-state index in [9.17, 15) is 0 Å². The zero-order valence-corrected chi connectivity index (χ0v) is 11.8. The van der Waals surface area contributed by atoms with Crippen molar-refractivity contribution in [2.24, 2.45) is 5.73 Å². The first-order valence-corrected chi connectivity index (χ1v) is 7.28. The summed E-state index contributed by atoms with van der Waals surface area (Å²) in [6.45, 7) is 6.99. The third-order valence-electron chi connectivity index (χ3n) is 2.55. The predicted molar refractivity (Wildman–Crippen MR) is 77.0 cm³/mol. The summed E-state index contributed by atoms with van der Waals surface area (Å²) in [7, 11) is 0. The summed E-state index contributed by atoms with van der Waals surface area (Å²) in [6.07, 6.45) is 1.08. The topological polar surface area (TPSA) is 35.2 Å². The molecule has 17 heavy (non-hydrogen) atoms. The Bertz CT molecular complexity index is 339. The van der Waals surface area contributed by atoms with Gasteiger partial charge in [0.05, 0.1) is 6.61 Å². The maximum Gasteiger partial charge on any atom is 0.122 e. The van der Waals surface area contributed by atoms with E-state index in [1.807, 2.05) is 18.7 Å². The average Bonchev–Trinajstić information content (AvgIpc) is 2.27. The molecule has 0 aliphatic rings. The van der Waals surface area contributed by atoms with Crippen molar-refractivity contribution in [1.82, 2.24) is 0 Å². The number of hydrogen-bond donors (Lipinski definition) is 1. The molecule has 0 saturated heterocycles. The molecule has 2 N–H and O–H groups in total. The molecule has 96 valence electrons. The zero-order valence-electron chi connectivity index (χ0n) is 11.0. The lowest BCUT2D eigenvalue weighted by Crippen LogP contribution is -2.15. The first-order valence-electron chi connectivity index (χ1n) is 6.13. The van der Waals surface area contributed by atoms with E-state index in [4.69, 9.17) is 10.5 Å². The second kappa shape index (κ2) is 7.62. The standard InChI is InChI=1S/C14H23NOS/c1-11-4-5-12(2)14(10-11)16-7-9-17-8-6-13(3)15/h4-5,10,13H,6-9,15H2,1-3H3. The van der Waals surface area contributed by atoms with Crippen LogP contribution in [-0.4, -0.2) is 24.2 Å². The van der Waals surface area contributed by atoms with Crippen LogP contribution in [0.2, 0.25) is 0 Å². The smallest absolute Gasteiger partial charge is 0.122 e. The highest BCUT2D eigenvalue weighted by atomic mass is 32.2. The van der Waals surface area contributed by atoms with Gasteiger partial charge >= 0.3 is 0 Å². The van der Waals surface area contributed by atoms with E-state index >= 15 is 0 Å². The molecule has 1 aromatic carbocycles. The van der Waals surface area contributed by atoms with Crippen LogP contribution in [0.25, 0.3) is 0 Å². The Labute approximate surface area is 109 Å². The summed E-state index contributed by atoms with van der Waals surface area (Å²) >= 11 is 1.91. The van der Waals surface area contributed by atoms with Gasteiger partial charge in [0, 0.05) is 11.8 Å². The molecular formula is C14H23NOS. The van der Waals surface area contributed by atoms with Crippen molar-refractivity contribution in [3.8, 4) is 5.75 Å². The van der Waals surface area contributed by atoms with Gasteiger partial charge < -0.3 is 10.5 Å². The molecule has 0 saturated carbocycles. The van der Waals surface area contributed by atoms with Crippen molar-refractivity contribution >= 4 is 11.8 Å². The fourth-order valence-electron chi connectivity index (χ4n) is 1.44. The van der Waals surface area contributed by atoms with Gasteiger partial charge in [-0.05, 0) is 50.1 Å². The molecule has 0 aliphatic heterocycles. The van der Waals surface area contributed by atoms with Gasteiger partial charge in [0.15, 0.2) is 0 Å². The van der Waals surface area contributed by atoms with Crippen molar-refractivity contribution < 1.29 is 4.74 Å². The molecule has 0 bridgehead atoms. The molecule has 0 fully saturated rings. The van der Waals surface area contributed by atoms with Crippen LogP contribution >= 0.6 is 11.8 Å². The summed E-state index contributed by atoms with van der Waals surface area (Å²) in [6, 6.07) is 6.62. The van der Waals surface area contributed by atoms with Crippen molar-refractivity contribution in [1.29, 1.82) is 0 Å². The Morgan fingerprint density at radius 1 is 1.29 bits per heavy atom. The van der Waals surface area contributed by atoms with Gasteiger partial charge in [0.25, 0.3) is 0 Å². The van der Waals surface area contributed by atoms with Gasteiger partial charge in [-0.2, -0.15) is 11.8 Å². The molecule has 0 radical (unpaired) electrons. The third-order valence-corrected chi connectivity index (χ3v) is 3.53. The Kier molecular flexibility index (Phi) is 6.45. The maximum atomic E-state index is 5.77. The lowest BCUT2D eigenvalue weighted by Gasteiger charge is -2.10. The van der Waals surface area contributed by atoms with Gasteiger partial charge in [-0.25, -0.2) is 0 Å². The van der Waals surface area contributed by atoms with Crippen molar-refractivity contribution in [2.45, 2.75) is 33.2 Å². The third kappa shape index (κ3) is 5.99. The summed E-state index contributed by atoms with van der Waals surface area (Å²) in [5.41, 5.74) is 8.14. The van der Waals surface area contributed by atoms with Gasteiger partial charge in [-0.15, -0.1) is 0 Å². The first-order chi connectivity index (χ1) is 8.09. The van der Waals surface area contributed by atoms with E-state index < -0.39 is 0 Å². The van der Waals surface area contributed by atoms with Crippen LogP contribution in [0.5, 0.6) is 5.75 Å². The van der Waals surface area contributed by atoms with Crippen LogP contribution in [0.3, 0.4) is 0 Å². The van der Waals surface area contributed by atoms with Crippen LogP contribution in [-0.2, 0) is 0 Å². The Hall–Kier alpha value is -0.670. The van der Waals surface area contributed by atoms with E-state index in [-0.39, 0.29) is 0 Å². The van der Waals surface area contributed by atoms with Gasteiger partial charge in [0.1, 0.15) is 5.75 Å². The number of rotatable bonds is 7. The Morgan fingerprint density at radius 2 is 2.06 bits per heavy atom. The summed E-state index contributed by atoms with van der Waals surface area (Å²) < 4.78 is 5.77. The fourth-order valence-corrected chi connectivity index (χ4v) is 2.39. The monoisotopic (exact) mass is 253 g/mol. The van der Waals surface area contributed by atoms with E-state index in [0.29, 0.717) is 6.04 Å². The second-order valence-corrected chi connectivity index (χ2v) is 5.72. The molecule has 1 rings (SSSR count). The molecule has 0 heterocycles. The quantitative estimate of drug-likeness (QED) is 0.758. The summed E-state index contributed by atoms with van der Waals surface area (Å²) in [5.74, 6) is 3.16. The normalized spacial score (nSPS) is 12.5. The zero-order chi connectivity index (χ0) is 12.7. The van der Waals surface area contributed by atoms with Gasteiger partial charge in [0.2, 0.25) is 0 Å². The molecular weight excluding hydrogens is 230 g/mol. The van der Waals surface area contributed by atoms with E-state index in [0.717, 1.165) is 30.3 Å². The Balaban J connectivity index is 2.20. The molecule has 0 aliphatic carbocycles. The van der Waals surface area contributed by atoms with Gasteiger partial charge in [-0.3, -0.25) is 0 Å². The molecule has 2 nitrogen and oxygen atoms in total. The highest BCUT2D eigenvalue weighted by Gasteiger charge is 2.00. The predicted octanol–water partition coefficient (Wildman–Crippen LogP) is 3.15. The number of thioether (sulfide) groups is 1. The second-order valence-electron chi connectivity index (χ2n) is 4.50. The van der Waals surface area contributed by atoms with Crippen LogP contribution in [0.1, 0.15) is 24.5 Å². The van der Waals surface area contributed by atoms with Crippen LogP contribution in [0.15, 0.2) is 18.2 Å². The average molecular weight is 253 g/mol. The highest BCUT2D eigenvalue weighted by Crippen LogP contribution is 2.19. The number of ether oxygens (including phenoxy) is 1. The number of hydrogen-bond acceptors (Lipinski definition) is 3. The SMILES string of the molecule is Cc1ccc(C)c(OCCSCCC(C)N)c1. The lowest BCUT2D eigenvalue weighted by atomic mass is 10.1. The van der Waals surface area contributed by atoms with Crippen molar-refractivity contribution in [3.63, 3.8) is 0 Å². The van der Waals surface area contributed by atoms with E-state index in [1.54, 1.807) is 0 Å². The lowest BCUT2D eigenvalue weighted by molar-refractivity contribution is 0.341. The minimum absolute atomic E-state index is 0.308. The fraction of sp³-hybridized carbons (Fsp3) is 0.571. The van der Waals surface area contributed by atoms with Gasteiger partial charge in [-0.1, -0.05) is 12.1 Å². The van der Waals surface area contributed by atoms with E-state index in [1.165, 1.54) is 11.1 Å². The summed E-state index contributed by atoms with van der Waals surface area (Å²) in [5, 5.41) is 0. The van der Waals surface area contributed by atoms with Crippen molar-refractivity contribution in [2.75, 3.05) is 18.1 Å². The highest BCUT2D eigenvalue weighted by molar-refractivity contribution is 7.99. The maximum absolute atomic E-state index is 5.77. The molecule has 1 aromatic rings. The minimum Gasteiger partial charge on any atom is -0.492 e. The number of aryl methyl sites for hydroxylation is 2. The summed E-state index contributed by atoms with van der Waals surface area (Å²) in [4.78, 5) is 0. The molecule has 0 spiro atoms. The van der Waals surface area contributed by atoms with Crippen LogP contribution in [0, 0.1) is 13.8 Å².